The molecule has 0 heterocycles. The number of hydrogen-bond acceptors (Lipinski definition) is 4. The zero-order valence-electron chi connectivity index (χ0n) is 12.3. The van der Waals surface area contributed by atoms with Gasteiger partial charge in [0, 0.05) is 6.04 Å². The first-order valence-electron chi connectivity index (χ1n) is 7.37. The van der Waals surface area contributed by atoms with Crippen molar-refractivity contribution in [2.75, 3.05) is 6.54 Å². The molecule has 6 nitrogen and oxygen atoms in total. The van der Waals surface area contributed by atoms with Crippen molar-refractivity contribution in [3.63, 3.8) is 0 Å². The van der Waals surface area contributed by atoms with Gasteiger partial charge in [-0.25, -0.2) is 14.5 Å². The van der Waals surface area contributed by atoms with Gasteiger partial charge < -0.3 is 10.1 Å². The number of amides is 3. The van der Waals surface area contributed by atoms with Gasteiger partial charge in [0.05, 0.1) is 6.07 Å². The van der Waals surface area contributed by atoms with Crippen LogP contribution in [0.15, 0.2) is 30.3 Å². The third kappa shape index (κ3) is 4.22. The average Bonchev–Trinajstić information content (AvgIpc) is 3.06. The first-order valence-corrected chi connectivity index (χ1v) is 7.37. The van der Waals surface area contributed by atoms with E-state index in [-0.39, 0.29) is 19.2 Å². The third-order valence-electron chi connectivity index (χ3n) is 3.63. The second-order valence-electron chi connectivity index (χ2n) is 5.17. The molecule has 1 saturated carbocycles. The summed E-state index contributed by atoms with van der Waals surface area (Å²) in [5.74, 6) is 0. The van der Waals surface area contributed by atoms with E-state index in [9.17, 15) is 9.59 Å². The summed E-state index contributed by atoms with van der Waals surface area (Å²) >= 11 is 0. The minimum atomic E-state index is -0.661. The van der Waals surface area contributed by atoms with E-state index in [0.717, 1.165) is 36.1 Å². The number of ether oxygens (including phenoxy) is 1. The molecule has 0 saturated heterocycles. The summed E-state index contributed by atoms with van der Waals surface area (Å²) in [6, 6.07) is 10.4. The predicted octanol–water partition coefficient (Wildman–Crippen LogP) is 2.80. The van der Waals surface area contributed by atoms with Crippen LogP contribution in [0.4, 0.5) is 9.59 Å². The molecule has 6 heteroatoms. The fourth-order valence-electron chi connectivity index (χ4n) is 2.55. The Morgan fingerprint density at radius 1 is 1.27 bits per heavy atom. The third-order valence-corrected chi connectivity index (χ3v) is 3.63. The fraction of sp³-hybridized carbons (Fsp3) is 0.438. The molecule has 1 aliphatic carbocycles. The monoisotopic (exact) mass is 301 g/mol. The van der Waals surface area contributed by atoms with Crippen LogP contribution < -0.4 is 5.32 Å². The lowest BCUT2D eigenvalue weighted by atomic mass is 10.2. The molecule has 1 aromatic carbocycles. The summed E-state index contributed by atoms with van der Waals surface area (Å²) in [5, 5.41) is 11.0. The van der Waals surface area contributed by atoms with Crippen molar-refractivity contribution in [1.82, 2.24) is 10.2 Å². The van der Waals surface area contributed by atoms with E-state index in [0.29, 0.717) is 0 Å². The minimum absolute atomic E-state index is 0.119. The molecule has 3 amide bonds. The summed E-state index contributed by atoms with van der Waals surface area (Å²) in [6.07, 6.45) is 2.87. The highest BCUT2D eigenvalue weighted by molar-refractivity contribution is 5.91. The largest absolute Gasteiger partial charge is 0.444 e. The Kier molecular flexibility index (Phi) is 5.78. The Labute approximate surface area is 129 Å². The summed E-state index contributed by atoms with van der Waals surface area (Å²) in [7, 11) is 0. The lowest BCUT2D eigenvalue weighted by Gasteiger charge is -2.26. The van der Waals surface area contributed by atoms with Crippen molar-refractivity contribution in [3.8, 4) is 6.07 Å². The van der Waals surface area contributed by atoms with E-state index in [1.807, 2.05) is 36.4 Å². The molecule has 116 valence electrons. The SMILES string of the molecule is N#CCNC(=O)N(C(=O)OCc1ccccc1)C1CCCC1. The highest BCUT2D eigenvalue weighted by Gasteiger charge is 2.33. The number of urea groups is 1. The van der Waals surface area contributed by atoms with Gasteiger partial charge in [0.15, 0.2) is 0 Å². The van der Waals surface area contributed by atoms with Crippen molar-refractivity contribution in [3.05, 3.63) is 35.9 Å². The highest BCUT2D eigenvalue weighted by atomic mass is 16.6. The molecule has 0 bridgehead atoms. The Bertz CT molecular complexity index is 548. The summed E-state index contributed by atoms with van der Waals surface area (Å²) in [6.45, 7) is -0.0115. The fourth-order valence-corrected chi connectivity index (χ4v) is 2.55. The molecule has 0 unspecified atom stereocenters. The van der Waals surface area contributed by atoms with Crippen LogP contribution >= 0.6 is 0 Å². The quantitative estimate of drug-likeness (QED) is 0.867. The molecule has 0 radical (unpaired) electrons. The highest BCUT2D eigenvalue weighted by Crippen LogP contribution is 2.24. The first kappa shape index (κ1) is 15.8. The molecule has 0 aliphatic heterocycles. The minimum Gasteiger partial charge on any atom is -0.444 e. The van der Waals surface area contributed by atoms with Crippen LogP contribution in [-0.4, -0.2) is 29.6 Å². The van der Waals surface area contributed by atoms with Crippen molar-refractivity contribution in [2.24, 2.45) is 0 Å². The maximum atomic E-state index is 12.3. The smallest absolute Gasteiger partial charge is 0.418 e. The van der Waals surface area contributed by atoms with E-state index >= 15 is 0 Å². The van der Waals surface area contributed by atoms with Gasteiger partial charge in [-0.3, -0.25) is 0 Å². The number of carbonyl (C=O) groups excluding carboxylic acids is 2. The van der Waals surface area contributed by atoms with Crippen molar-refractivity contribution in [2.45, 2.75) is 38.3 Å². The summed E-state index contributed by atoms with van der Waals surface area (Å²) in [5.41, 5.74) is 0.861. The maximum absolute atomic E-state index is 12.3. The zero-order chi connectivity index (χ0) is 15.8. The molecule has 2 rings (SSSR count). The van der Waals surface area contributed by atoms with Crippen LogP contribution in [0, 0.1) is 11.3 Å². The summed E-state index contributed by atoms with van der Waals surface area (Å²) < 4.78 is 5.25. The van der Waals surface area contributed by atoms with Gasteiger partial charge in [0.25, 0.3) is 0 Å². The standard InChI is InChI=1S/C16H19N3O3/c17-10-11-18-15(20)19(14-8-4-5-9-14)16(21)22-12-13-6-2-1-3-7-13/h1-3,6-7,14H,4-5,8-9,11-12H2,(H,18,20). The van der Waals surface area contributed by atoms with Crippen LogP contribution in [0.2, 0.25) is 0 Å². The predicted molar refractivity (Wildman–Crippen MR) is 79.7 cm³/mol. The van der Waals surface area contributed by atoms with Crippen LogP contribution in [0.5, 0.6) is 0 Å². The number of hydrogen-bond donors (Lipinski definition) is 1. The van der Waals surface area contributed by atoms with Gasteiger partial charge in [-0.1, -0.05) is 43.2 Å². The number of nitrogens with zero attached hydrogens (tertiary/aromatic N) is 2. The normalized spacial score (nSPS) is 14.1. The maximum Gasteiger partial charge on any atom is 0.418 e. The van der Waals surface area contributed by atoms with E-state index in [1.165, 1.54) is 0 Å². The molecule has 0 spiro atoms. The first-order chi connectivity index (χ1) is 10.7. The summed E-state index contributed by atoms with van der Waals surface area (Å²) in [4.78, 5) is 25.5. The van der Waals surface area contributed by atoms with E-state index in [2.05, 4.69) is 5.32 Å². The lowest BCUT2D eigenvalue weighted by molar-refractivity contribution is 0.0920. The molecular weight excluding hydrogens is 282 g/mol. The zero-order valence-corrected chi connectivity index (χ0v) is 12.3. The van der Waals surface area contributed by atoms with Crippen molar-refractivity contribution >= 4 is 12.1 Å². The Hall–Kier alpha value is -2.55. The van der Waals surface area contributed by atoms with Gasteiger partial charge in [0.1, 0.15) is 13.2 Å². The van der Waals surface area contributed by atoms with Gasteiger partial charge in [-0.05, 0) is 18.4 Å². The van der Waals surface area contributed by atoms with Gasteiger partial charge in [-0.15, -0.1) is 0 Å². The van der Waals surface area contributed by atoms with Gasteiger partial charge >= 0.3 is 12.1 Å². The van der Waals surface area contributed by atoms with Crippen LogP contribution in [-0.2, 0) is 11.3 Å². The van der Waals surface area contributed by atoms with E-state index in [4.69, 9.17) is 10.00 Å². The molecular formula is C16H19N3O3. The molecule has 1 aromatic rings. The van der Waals surface area contributed by atoms with Crippen LogP contribution in [0.3, 0.4) is 0 Å². The van der Waals surface area contributed by atoms with Crippen molar-refractivity contribution in [1.29, 1.82) is 5.26 Å². The topological polar surface area (TPSA) is 82.4 Å². The van der Waals surface area contributed by atoms with E-state index in [1.54, 1.807) is 0 Å². The lowest BCUT2D eigenvalue weighted by Crippen LogP contribution is -2.49. The number of benzene rings is 1. The molecule has 1 fully saturated rings. The Morgan fingerprint density at radius 2 is 1.95 bits per heavy atom. The number of rotatable bonds is 4. The number of nitrogens with one attached hydrogen (secondary N) is 1. The van der Waals surface area contributed by atoms with E-state index < -0.39 is 12.1 Å². The van der Waals surface area contributed by atoms with Gasteiger partial charge in [0.2, 0.25) is 0 Å². The Balaban J connectivity index is 1.99. The molecule has 22 heavy (non-hydrogen) atoms. The van der Waals surface area contributed by atoms with Crippen LogP contribution in [0.25, 0.3) is 0 Å². The second kappa shape index (κ2) is 8.03. The average molecular weight is 301 g/mol. The molecule has 0 aromatic heterocycles. The molecule has 1 N–H and O–H groups in total. The molecule has 0 atom stereocenters. The van der Waals surface area contributed by atoms with Crippen molar-refractivity contribution < 1.29 is 14.3 Å². The second-order valence-corrected chi connectivity index (χ2v) is 5.17. The number of imide groups is 1. The number of nitriles is 1. The van der Waals surface area contributed by atoms with Gasteiger partial charge in [-0.2, -0.15) is 5.26 Å². The number of carbonyl (C=O) groups is 2. The van der Waals surface area contributed by atoms with Crippen LogP contribution in [0.1, 0.15) is 31.2 Å². The Morgan fingerprint density at radius 3 is 2.59 bits per heavy atom. The molecule has 1 aliphatic rings.